The van der Waals surface area contributed by atoms with Gasteiger partial charge in [0.15, 0.2) is 23.1 Å². The number of aryl methyl sites for hydroxylation is 1. The average molecular weight is 262 g/mol. The number of nitrogen functional groups attached to an aromatic ring is 1. The second kappa shape index (κ2) is 5.56. The van der Waals surface area contributed by atoms with Crippen LogP contribution < -0.4 is 15.2 Å². The molecule has 0 unspecified atom stereocenters. The van der Waals surface area contributed by atoms with E-state index < -0.39 is 5.82 Å². The van der Waals surface area contributed by atoms with Gasteiger partial charge in [0.05, 0.1) is 7.11 Å². The monoisotopic (exact) mass is 262 g/mol. The predicted molar refractivity (Wildman–Crippen MR) is 70.7 cm³/mol. The predicted octanol–water partition coefficient (Wildman–Crippen LogP) is 2.70. The van der Waals surface area contributed by atoms with Crippen molar-refractivity contribution in [2.45, 2.75) is 13.5 Å². The van der Waals surface area contributed by atoms with Gasteiger partial charge in [-0.15, -0.1) is 0 Å². The van der Waals surface area contributed by atoms with Gasteiger partial charge in [-0.25, -0.2) is 9.37 Å². The lowest BCUT2D eigenvalue weighted by Gasteiger charge is -2.10. The van der Waals surface area contributed by atoms with Crippen LogP contribution in [0.2, 0.25) is 0 Å². The van der Waals surface area contributed by atoms with E-state index >= 15 is 0 Å². The Balaban J connectivity index is 2.14. The molecule has 19 heavy (non-hydrogen) atoms. The number of hydrogen-bond donors (Lipinski definition) is 1. The van der Waals surface area contributed by atoms with Crippen LogP contribution >= 0.6 is 0 Å². The molecule has 0 radical (unpaired) electrons. The molecule has 0 spiro atoms. The largest absolute Gasteiger partial charge is 0.494 e. The van der Waals surface area contributed by atoms with Gasteiger partial charge in [0.2, 0.25) is 0 Å². The molecule has 0 aliphatic heterocycles. The highest BCUT2D eigenvalue weighted by molar-refractivity contribution is 5.46. The maximum atomic E-state index is 13.9. The van der Waals surface area contributed by atoms with Crippen molar-refractivity contribution in [3.8, 4) is 11.5 Å². The zero-order chi connectivity index (χ0) is 13.8. The van der Waals surface area contributed by atoms with E-state index in [4.69, 9.17) is 15.2 Å². The summed E-state index contributed by atoms with van der Waals surface area (Å²) >= 11 is 0. The molecule has 0 amide bonds. The summed E-state index contributed by atoms with van der Waals surface area (Å²) in [6, 6.07) is 8.40. The fourth-order valence-corrected chi connectivity index (χ4v) is 1.67. The minimum atomic E-state index is -0.427. The van der Waals surface area contributed by atoms with Crippen LogP contribution in [0.5, 0.6) is 11.5 Å². The summed E-state index contributed by atoms with van der Waals surface area (Å²) in [5.74, 6) is 0.496. The first-order valence-electron chi connectivity index (χ1n) is 5.79. The van der Waals surface area contributed by atoms with Gasteiger partial charge in [-0.1, -0.05) is 12.1 Å². The summed E-state index contributed by atoms with van der Waals surface area (Å²) in [7, 11) is 1.42. The van der Waals surface area contributed by atoms with Crippen LogP contribution in [0.15, 0.2) is 30.3 Å². The number of nitrogens with two attached hydrogens (primary N) is 1. The Kier molecular flexibility index (Phi) is 3.85. The minimum absolute atomic E-state index is 0.0674. The average Bonchev–Trinajstić information content (AvgIpc) is 2.39. The first-order chi connectivity index (χ1) is 9.11. The molecule has 0 fully saturated rings. The highest BCUT2D eigenvalue weighted by Gasteiger charge is 2.10. The highest BCUT2D eigenvalue weighted by Crippen LogP contribution is 2.23. The van der Waals surface area contributed by atoms with Gasteiger partial charge in [-0.2, -0.15) is 0 Å². The third-order valence-electron chi connectivity index (χ3n) is 2.67. The van der Waals surface area contributed by atoms with Crippen molar-refractivity contribution in [1.29, 1.82) is 0 Å². The van der Waals surface area contributed by atoms with Crippen molar-refractivity contribution in [2.24, 2.45) is 0 Å². The Labute approximate surface area is 111 Å². The van der Waals surface area contributed by atoms with Gasteiger partial charge in [-0.05, 0) is 25.1 Å². The Bertz CT molecular complexity index is 588. The summed E-state index contributed by atoms with van der Waals surface area (Å²) < 4.78 is 24.3. The molecule has 0 atom stereocenters. The second-order valence-corrected chi connectivity index (χ2v) is 4.06. The van der Waals surface area contributed by atoms with E-state index in [1.165, 1.54) is 7.11 Å². The molecule has 100 valence electrons. The Morgan fingerprint density at radius 1 is 1.21 bits per heavy atom. The lowest BCUT2D eigenvalue weighted by Crippen LogP contribution is -2.03. The molecule has 0 bridgehead atoms. The molecule has 5 heteroatoms. The van der Waals surface area contributed by atoms with Crippen molar-refractivity contribution < 1.29 is 13.9 Å². The van der Waals surface area contributed by atoms with E-state index in [9.17, 15) is 4.39 Å². The first kappa shape index (κ1) is 13.1. The quantitative estimate of drug-likeness (QED) is 0.920. The number of nitrogens with zero attached hydrogens (tertiary/aromatic N) is 1. The Morgan fingerprint density at radius 3 is 2.68 bits per heavy atom. The van der Waals surface area contributed by atoms with Crippen LogP contribution in [0.4, 0.5) is 10.2 Å². The van der Waals surface area contributed by atoms with E-state index in [0.717, 1.165) is 5.69 Å². The van der Waals surface area contributed by atoms with Crippen LogP contribution in [-0.4, -0.2) is 12.1 Å². The fourth-order valence-electron chi connectivity index (χ4n) is 1.67. The summed E-state index contributed by atoms with van der Waals surface area (Å²) in [4.78, 5) is 4.08. The number of ether oxygens (including phenoxy) is 2. The van der Waals surface area contributed by atoms with Crippen LogP contribution in [-0.2, 0) is 6.61 Å². The number of anilines is 1. The maximum Gasteiger partial charge on any atom is 0.171 e. The molecular weight excluding hydrogens is 247 g/mol. The van der Waals surface area contributed by atoms with Gasteiger partial charge < -0.3 is 15.2 Å². The molecule has 1 aromatic heterocycles. The van der Waals surface area contributed by atoms with Gasteiger partial charge in [-0.3, -0.25) is 0 Å². The van der Waals surface area contributed by atoms with E-state index in [1.54, 1.807) is 30.3 Å². The number of aromatic nitrogens is 1. The number of hydrogen-bond acceptors (Lipinski definition) is 4. The van der Waals surface area contributed by atoms with Gasteiger partial charge in [0, 0.05) is 11.3 Å². The van der Waals surface area contributed by atoms with Crippen molar-refractivity contribution in [3.05, 3.63) is 47.4 Å². The van der Waals surface area contributed by atoms with Gasteiger partial charge in [0.1, 0.15) is 6.61 Å². The molecular formula is C14H15FN2O2. The summed E-state index contributed by atoms with van der Waals surface area (Å²) in [6.45, 7) is 1.90. The summed E-state index contributed by atoms with van der Waals surface area (Å²) in [5.41, 5.74) is 6.93. The number of rotatable bonds is 4. The molecule has 0 saturated heterocycles. The van der Waals surface area contributed by atoms with E-state index in [2.05, 4.69) is 4.98 Å². The number of benzene rings is 1. The molecule has 0 aliphatic rings. The second-order valence-electron chi connectivity index (χ2n) is 4.06. The van der Waals surface area contributed by atoms with E-state index in [0.29, 0.717) is 17.1 Å². The van der Waals surface area contributed by atoms with E-state index in [-0.39, 0.29) is 12.4 Å². The summed E-state index contributed by atoms with van der Waals surface area (Å²) in [6.07, 6.45) is 0. The first-order valence-corrected chi connectivity index (χ1v) is 5.79. The zero-order valence-corrected chi connectivity index (χ0v) is 10.8. The third kappa shape index (κ3) is 2.93. The van der Waals surface area contributed by atoms with Crippen LogP contribution in [0, 0.1) is 12.7 Å². The Hall–Kier alpha value is -2.30. The molecule has 0 saturated carbocycles. The lowest BCUT2D eigenvalue weighted by molar-refractivity contribution is 0.296. The summed E-state index contributed by atoms with van der Waals surface area (Å²) in [5, 5.41) is 0. The number of pyridine rings is 1. The standard InChI is InChI=1S/C14H15FN2O2/c1-9-6-7-12(14(16)17-9)19-8-10-4-3-5-11(18-2)13(10)15/h3-7H,8H2,1-2H3,(H2,16,17). The molecule has 0 aliphatic carbocycles. The molecule has 1 heterocycles. The van der Waals surface area contributed by atoms with E-state index in [1.807, 2.05) is 6.92 Å². The SMILES string of the molecule is COc1cccc(COc2ccc(C)nc2N)c1F. The molecule has 2 aromatic rings. The zero-order valence-electron chi connectivity index (χ0n) is 10.8. The number of methoxy groups -OCH3 is 1. The van der Waals surface area contributed by atoms with Crippen molar-refractivity contribution in [2.75, 3.05) is 12.8 Å². The lowest BCUT2D eigenvalue weighted by atomic mass is 10.2. The van der Waals surface area contributed by atoms with Crippen LogP contribution in [0.25, 0.3) is 0 Å². The van der Waals surface area contributed by atoms with Gasteiger partial charge in [0.25, 0.3) is 0 Å². The molecule has 4 nitrogen and oxygen atoms in total. The van der Waals surface area contributed by atoms with Crippen LogP contribution in [0.1, 0.15) is 11.3 Å². The molecule has 1 aromatic carbocycles. The maximum absolute atomic E-state index is 13.9. The van der Waals surface area contributed by atoms with Crippen LogP contribution in [0.3, 0.4) is 0 Å². The molecule has 2 rings (SSSR count). The van der Waals surface area contributed by atoms with Crippen molar-refractivity contribution in [1.82, 2.24) is 4.98 Å². The number of halogens is 1. The fraction of sp³-hybridized carbons (Fsp3) is 0.214. The smallest absolute Gasteiger partial charge is 0.171 e. The topological polar surface area (TPSA) is 57.4 Å². The normalized spacial score (nSPS) is 10.3. The van der Waals surface area contributed by atoms with Gasteiger partial charge >= 0.3 is 0 Å². The Morgan fingerprint density at radius 2 is 2.00 bits per heavy atom. The third-order valence-corrected chi connectivity index (χ3v) is 2.67. The minimum Gasteiger partial charge on any atom is -0.494 e. The van der Waals surface area contributed by atoms with Crippen molar-refractivity contribution in [3.63, 3.8) is 0 Å². The van der Waals surface area contributed by atoms with Crippen molar-refractivity contribution >= 4 is 5.82 Å². The molecule has 2 N–H and O–H groups in total. The highest BCUT2D eigenvalue weighted by atomic mass is 19.1.